The molecule has 0 saturated heterocycles. The summed E-state index contributed by atoms with van der Waals surface area (Å²) >= 11 is 0. The summed E-state index contributed by atoms with van der Waals surface area (Å²) in [6.45, 7) is 0. The van der Waals surface area contributed by atoms with Gasteiger partial charge in [-0.25, -0.2) is 0 Å². The largest absolute Gasteiger partial charge is 0.603 e. The molecule has 0 aliphatic rings. The zero-order valence-corrected chi connectivity index (χ0v) is 19.3. The molecule has 0 amide bonds. The molecule has 44 heavy (non-hydrogen) atoms. The summed E-state index contributed by atoms with van der Waals surface area (Å²) in [6, 6.07) is 0. The predicted octanol–water partition coefficient (Wildman–Crippen LogP) is 8.72. The van der Waals surface area contributed by atoms with Crippen LogP contribution < -0.4 is 0 Å². The molecule has 0 aromatic carbocycles. The molecule has 0 aliphatic carbocycles. The predicted molar refractivity (Wildman–Crippen MR) is 72.8 cm³/mol. The maximum absolute atomic E-state index is 13.8. The minimum absolute atomic E-state index is 1.16. The normalized spacial score (nSPS) is 16.9. The lowest BCUT2D eigenvalue weighted by molar-refractivity contribution is -0.477. The molecule has 0 rings (SSSR count). The minimum atomic E-state index is -10.6. The van der Waals surface area contributed by atoms with E-state index >= 15 is 0 Å². The van der Waals surface area contributed by atoms with Crippen molar-refractivity contribution in [3.8, 4) is 0 Å². The highest BCUT2D eigenvalue weighted by Gasteiger charge is 2.97. The molecule has 0 unspecified atom stereocenters. The van der Waals surface area contributed by atoms with Crippen molar-refractivity contribution in [1.82, 2.24) is 0 Å². The van der Waals surface area contributed by atoms with Gasteiger partial charge in [0.25, 0.3) is 0 Å². The fraction of sp³-hybridized carbons (Fsp3) is 1.00. The summed E-state index contributed by atoms with van der Waals surface area (Å²) in [4.78, 5) is 0. The van der Waals surface area contributed by atoms with Crippen molar-refractivity contribution in [1.29, 1.82) is 0 Å². The number of alkyl halides is 28. The molecule has 0 aliphatic heterocycles. The van der Waals surface area contributed by atoms with Crippen LogP contribution in [0.1, 0.15) is 0 Å². The van der Waals surface area contributed by atoms with Gasteiger partial charge in [0.2, 0.25) is 0 Å². The van der Waals surface area contributed by atoms with Crippen molar-refractivity contribution < 1.29 is 136 Å². The van der Waals surface area contributed by atoms with Crippen molar-refractivity contribution in [3.63, 3.8) is 0 Å². The molecule has 32 heteroatoms. The van der Waals surface area contributed by atoms with Crippen LogP contribution in [0.2, 0.25) is 0 Å². The summed E-state index contributed by atoms with van der Waals surface area (Å²) in [5, 5.41) is 0. The topological polar surface area (TPSA) is 27.7 Å². The van der Waals surface area contributed by atoms with E-state index in [1.807, 2.05) is 0 Å². The van der Waals surface area contributed by atoms with E-state index in [0.717, 1.165) is 4.43 Å². The molecule has 0 saturated carbocycles. The molecule has 0 aromatic heterocycles. The molecule has 0 atom stereocenters. The Morgan fingerprint density at radius 3 is 0.750 bits per heavy atom. The fourth-order valence-electron chi connectivity index (χ4n) is 2.12. The Morgan fingerprint density at radius 1 is 0.273 bits per heavy atom. The SMILES string of the molecule is FC(F)(F)O[Si](OC(F)(F)F)(OC(F)(F)C(F)(F)C(F)(F)C(F)(F)C(F)(F)C(F)(F)C(F)(F)C(F)(F)F)C(F)(F)C(F)(F)F. The van der Waals surface area contributed by atoms with E-state index in [0.29, 0.717) is 0 Å². The first-order chi connectivity index (χ1) is 18.4. The maximum atomic E-state index is 13.8. The van der Waals surface area contributed by atoms with Crippen molar-refractivity contribution >= 4 is 8.80 Å². The van der Waals surface area contributed by atoms with Gasteiger partial charge in [0, 0.05) is 0 Å². The van der Waals surface area contributed by atoms with E-state index in [9.17, 15) is 123 Å². The maximum Gasteiger partial charge on any atom is 0.603 e. The Kier molecular flexibility index (Phi) is 10.1. The quantitative estimate of drug-likeness (QED) is 0.156. The molecule has 0 aromatic rings. The zero-order chi connectivity index (χ0) is 36.6. The van der Waals surface area contributed by atoms with Crippen molar-refractivity contribution in [3.05, 3.63) is 0 Å². The highest BCUT2D eigenvalue weighted by molar-refractivity contribution is 6.64. The number of rotatable bonds is 11. The molecular weight excluding hydrogens is 752 g/mol. The molecular formula is C12F28O3Si. The average molecular weight is 752 g/mol. The van der Waals surface area contributed by atoms with Crippen LogP contribution in [0.4, 0.5) is 123 Å². The molecule has 0 radical (unpaired) electrons. The molecule has 0 bridgehead atoms. The third kappa shape index (κ3) is 6.52. The molecule has 0 spiro atoms. The van der Waals surface area contributed by atoms with E-state index in [1.54, 1.807) is 0 Å². The molecule has 3 nitrogen and oxygen atoms in total. The zero-order valence-electron chi connectivity index (χ0n) is 18.3. The van der Waals surface area contributed by atoms with E-state index in [2.05, 4.69) is 0 Å². The van der Waals surface area contributed by atoms with Gasteiger partial charge < -0.3 is 4.43 Å². The van der Waals surface area contributed by atoms with Crippen LogP contribution in [-0.4, -0.2) is 81.1 Å². The van der Waals surface area contributed by atoms with Gasteiger partial charge >= 0.3 is 81.1 Å². The Labute approximate surface area is 218 Å². The smallest absolute Gasteiger partial charge is 0.304 e. The van der Waals surface area contributed by atoms with Gasteiger partial charge in [-0.05, 0) is 0 Å². The van der Waals surface area contributed by atoms with Crippen molar-refractivity contribution in [2.24, 2.45) is 0 Å². The lowest BCUT2D eigenvalue weighted by Gasteiger charge is -2.44. The van der Waals surface area contributed by atoms with Gasteiger partial charge in [0.05, 0.1) is 0 Å². The highest BCUT2D eigenvalue weighted by Crippen LogP contribution is 2.64. The number of hydrogen-bond donors (Lipinski definition) is 0. The minimum Gasteiger partial charge on any atom is -0.304 e. The average Bonchev–Trinajstić information content (AvgIpc) is 2.67. The standard InChI is InChI=1S/C12F28O3Si/c13-1(14,3(17,18)5(21,22)7(25,26)27)2(15,16)4(19,20)6(23,24)9(31,32)41-44(42-11(35,36)37,43-12(38,39)40)10(33,34)8(28,29)30. The Morgan fingerprint density at radius 2 is 0.523 bits per heavy atom. The van der Waals surface area contributed by atoms with E-state index < -0.39 is 81.1 Å². The van der Waals surface area contributed by atoms with Gasteiger partial charge in [-0.1, -0.05) is 0 Å². The third-order valence-corrected chi connectivity index (χ3v) is 6.77. The van der Waals surface area contributed by atoms with Gasteiger partial charge in [-0.2, -0.15) is 96.6 Å². The first-order valence-electron chi connectivity index (χ1n) is 8.77. The van der Waals surface area contributed by atoms with Gasteiger partial charge in [-0.15, -0.1) is 26.3 Å². The highest BCUT2D eigenvalue weighted by atomic mass is 28.4. The van der Waals surface area contributed by atoms with E-state index in [1.165, 1.54) is 8.85 Å². The molecule has 266 valence electrons. The Balaban J connectivity index is 7.63. The van der Waals surface area contributed by atoms with Crippen molar-refractivity contribution in [2.75, 3.05) is 0 Å². The molecule has 0 heterocycles. The second kappa shape index (κ2) is 10.6. The van der Waals surface area contributed by atoms with Gasteiger partial charge in [0.1, 0.15) is 0 Å². The number of hydrogen-bond acceptors (Lipinski definition) is 3. The van der Waals surface area contributed by atoms with Gasteiger partial charge in [0.15, 0.2) is 0 Å². The van der Waals surface area contributed by atoms with Crippen LogP contribution in [0.3, 0.4) is 0 Å². The van der Waals surface area contributed by atoms with Crippen molar-refractivity contribution in [2.45, 2.75) is 72.3 Å². The summed E-state index contributed by atoms with van der Waals surface area (Å²) in [6.07, 6.45) is -41.1. The van der Waals surface area contributed by atoms with Crippen LogP contribution in [0.5, 0.6) is 0 Å². The molecule has 0 N–H and O–H groups in total. The summed E-state index contributed by atoms with van der Waals surface area (Å²) in [7, 11) is -10.6. The third-order valence-electron chi connectivity index (χ3n) is 4.20. The first-order valence-corrected chi connectivity index (χ1v) is 10.5. The van der Waals surface area contributed by atoms with Gasteiger partial charge in [-0.3, -0.25) is 8.85 Å². The number of halogens is 28. The summed E-state index contributed by atoms with van der Waals surface area (Å²) < 4.78 is 366. The Bertz CT molecular complexity index is 997. The molecule has 0 fully saturated rings. The fourth-order valence-corrected chi connectivity index (χ4v) is 4.05. The van der Waals surface area contributed by atoms with Crippen LogP contribution in [0, 0.1) is 0 Å². The van der Waals surface area contributed by atoms with E-state index in [-0.39, 0.29) is 0 Å². The van der Waals surface area contributed by atoms with Crippen LogP contribution >= 0.6 is 0 Å². The van der Waals surface area contributed by atoms with Crippen LogP contribution in [0.25, 0.3) is 0 Å². The Hall–Kier alpha value is -1.86. The van der Waals surface area contributed by atoms with E-state index in [4.69, 9.17) is 0 Å². The summed E-state index contributed by atoms with van der Waals surface area (Å²) in [5.41, 5.74) is -8.56. The first kappa shape index (κ1) is 42.1. The monoisotopic (exact) mass is 752 g/mol. The van der Waals surface area contributed by atoms with Crippen LogP contribution in [0.15, 0.2) is 0 Å². The second-order valence-electron chi connectivity index (χ2n) is 7.29. The summed E-state index contributed by atoms with van der Waals surface area (Å²) in [5.74, 6) is -56.0. The second-order valence-corrected chi connectivity index (χ2v) is 9.64. The lowest BCUT2D eigenvalue weighted by atomic mass is 9.91. The van der Waals surface area contributed by atoms with Crippen LogP contribution in [-0.2, 0) is 13.3 Å². The lowest BCUT2D eigenvalue weighted by Crippen LogP contribution is -2.77.